The topological polar surface area (TPSA) is 66.4 Å². The van der Waals surface area contributed by atoms with Crippen LogP contribution in [0.3, 0.4) is 0 Å². The minimum Gasteiger partial charge on any atom is -0.384 e. The summed E-state index contributed by atoms with van der Waals surface area (Å²) in [6.07, 6.45) is 7.67. The summed E-state index contributed by atoms with van der Waals surface area (Å²) in [5.41, 5.74) is 1.34. The molecule has 0 radical (unpaired) electrons. The van der Waals surface area contributed by atoms with E-state index < -0.39 is 15.4 Å². The van der Waals surface area contributed by atoms with Crippen molar-refractivity contribution in [3.05, 3.63) is 35.4 Å². The van der Waals surface area contributed by atoms with Crippen LogP contribution >= 0.6 is 0 Å². The van der Waals surface area contributed by atoms with Gasteiger partial charge in [0.15, 0.2) is 9.84 Å². The van der Waals surface area contributed by atoms with Gasteiger partial charge in [0.05, 0.1) is 5.25 Å². The number of hydrogen-bond donors (Lipinski definition) is 2. The van der Waals surface area contributed by atoms with Gasteiger partial charge in [0, 0.05) is 18.8 Å². The first-order chi connectivity index (χ1) is 10.9. The first-order valence-corrected chi connectivity index (χ1v) is 10.6. The minimum absolute atomic E-state index is 0.0446. The van der Waals surface area contributed by atoms with Gasteiger partial charge in [-0.25, -0.2) is 8.42 Å². The van der Waals surface area contributed by atoms with Gasteiger partial charge in [-0.1, -0.05) is 37.1 Å². The average molecular weight is 337 g/mol. The van der Waals surface area contributed by atoms with Gasteiger partial charge in [-0.05, 0) is 43.2 Å². The van der Waals surface area contributed by atoms with E-state index >= 15 is 0 Å². The van der Waals surface area contributed by atoms with Gasteiger partial charge in [0.1, 0.15) is 5.60 Å². The summed E-state index contributed by atoms with van der Waals surface area (Å²) in [4.78, 5) is 0. The summed E-state index contributed by atoms with van der Waals surface area (Å²) < 4.78 is 24.0. The zero-order valence-electron chi connectivity index (χ0n) is 13.8. The lowest BCUT2D eigenvalue weighted by atomic mass is 9.79. The van der Waals surface area contributed by atoms with Crippen molar-refractivity contribution in [1.82, 2.24) is 5.32 Å². The maximum atomic E-state index is 12.0. The Morgan fingerprint density at radius 1 is 1.22 bits per heavy atom. The number of nitrogens with one attached hydrogen (secondary N) is 1. The molecular weight excluding hydrogens is 310 g/mol. The molecule has 1 aromatic carbocycles. The van der Waals surface area contributed by atoms with Crippen LogP contribution in [0.2, 0.25) is 0 Å². The lowest BCUT2D eigenvalue weighted by molar-refractivity contribution is 0.0156. The second-order valence-electron chi connectivity index (χ2n) is 7.18. The molecule has 23 heavy (non-hydrogen) atoms. The van der Waals surface area contributed by atoms with Crippen molar-refractivity contribution in [3.8, 4) is 0 Å². The van der Waals surface area contributed by atoms with Crippen LogP contribution in [-0.4, -0.2) is 37.6 Å². The van der Waals surface area contributed by atoms with Crippen molar-refractivity contribution in [2.75, 3.05) is 12.8 Å². The highest BCUT2D eigenvalue weighted by Crippen LogP contribution is 2.35. The third kappa shape index (κ3) is 3.62. The van der Waals surface area contributed by atoms with Crippen LogP contribution in [0.1, 0.15) is 49.7 Å². The SMILES string of the molecule is CS(=O)(=O)[C@@H]1CCCC[C@H]1NC[C@]1(O)CCCc2ccccc21. The summed E-state index contributed by atoms with van der Waals surface area (Å²) in [7, 11) is -3.05. The van der Waals surface area contributed by atoms with Crippen LogP contribution < -0.4 is 5.32 Å². The van der Waals surface area contributed by atoms with E-state index in [0.717, 1.165) is 50.5 Å². The Bertz CT molecular complexity index is 658. The van der Waals surface area contributed by atoms with Gasteiger partial charge < -0.3 is 10.4 Å². The number of hydrogen-bond acceptors (Lipinski definition) is 4. The predicted molar refractivity (Wildman–Crippen MR) is 92.2 cm³/mol. The second kappa shape index (κ2) is 6.54. The maximum absolute atomic E-state index is 12.0. The lowest BCUT2D eigenvalue weighted by Gasteiger charge is -2.38. The Kier molecular flexibility index (Phi) is 4.81. The summed E-state index contributed by atoms with van der Waals surface area (Å²) in [5.74, 6) is 0. The molecule has 0 saturated heterocycles. The molecule has 2 aliphatic rings. The normalized spacial score (nSPS) is 31.6. The van der Waals surface area contributed by atoms with Crippen molar-refractivity contribution in [2.24, 2.45) is 0 Å². The highest BCUT2D eigenvalue weighted by Gasteiger charge is 2.37. The zero-order valence-corrected chi connectivity index (χ0v) is 14.6. The van der Waals surface area contributed by atoms with Crippen molar-refractivity contribution < 1.29 is 13.5 Å². The third-order valence-corrected chi connectivity index (χ3v) is 7.13. The summed E-state index contributed by atoms with van der Waals surface area (Å²) in [6.45, 7) is 0.431. The van der Waals surface area contributed by atoms with Gasteiger partial charge in [0.2, 0.25) is 0 Å². The van der Waals surface area contributed by atoms with Gasteiger partial charge >= 0.3 is 0 Å². The zero-order chi connectivity index (χ0) is 16.5. The highest BCUT2D eigenvalue weighted by molar-refractivity contribution is 7.91. The van der Waals surface area contributed by atoms with Gasteiger partial charge in [0.25, 0.3) is 0 Å². The van der Waals surface area contributed by atoms with E-state index in [9.17, 15) is 13.5 Å². The molecule has 0 unspecified atom stereocenters. The Morgan fingerprint density at radius 3 is 2.74 bits per heavy atom. The van der Waals surface area contributed by atoms with Crippen LogP contribution in [0.5, 0.6) is 0 Å². The Morgan fingerprint density at radius 2 is 1.96 bits per heavy atom. The van der Waals surface area contributed by atoms with Crippen LogP contribution in [0, 0.1) is 0 Å². The molecule has 128 valence electrons. The maximum Gasteiger partial charge on any atom is 0.151 e. The molecule has 2 aliphatic carbocycles. The molecule has 1 fully saturated rings. The van der Waals surface area contributed by atoms with E-state index in [2.05, 4.69) is 11.4 Å². The van der Waals surface area contributed by atoms with Crippen molar-refractivity contribution in [2.45, 2.75) is 61.8 Å². The molecule has 0 heterocycles. The molecular formula is C18H27NO3S. The smallest absolute Gasteiger partial charge is 0.151 e. The minimum atomic E-state index is -3.05. The number of rotatable bonds is 4. The fourth-order valence-corrected chi connectivity index (χ4v) is 5.65. The molecule has 0 aliphatic heterocycles. The summed E-state index contributed by atoms with van der Waals surface area (Å²) >= 11 is 0. The van der Waals surface area contributed by atoms with Crippen LogP contribution in [0.15, 0.2) is 24.3 Å². The Balaban J connectivity index is 1.75. The van der Waals surface area contributed by atoms with E-state index in [1.807, 2.05) is 18.2 Å². The first kappa shape index (κ1) is 16.9. The largest absolute Gasteiger partial charge is 0.384 e. The van der Waals surface area contributed by atoms with E-state index in [-0.39, 0.29) is 11.3 Å². The summed E-state index contributed by atoms with van der Waals surface area (Å²) in [5, 5.41) is 14.2. The average Bonchev–Trinajstić information content (AvgIpc) is 2.53. The molecule has 1 saturated carbocycles. The quantitative estimate of drug-likeness (QED) is 0.883. The van der Waals surface area contributed by atoms with Crippen molar-refractivity contribution in [3.63, 3.8) is 0 Å². The standard InChI is InChI=1S/C18H27NO3S/c1-23(21,22)17-11-5-4-10-16(17)19-13-18(20)12-6-8-14-7-2-3-9-15(14)18/h2-3,7,9,16-17,19-20H,4-6,8,10-13H2,1H3/t16-,17-,18-/m1/s1. The fraction of sp³-hybridized carbons (Fsp3) is 0.667. The number of aryl methyl sites for hydroxylation is 1. The summed E-state index contributed by atoms with van der Waals surface area (Å²) in [6, 6.07) is 8.02. The highest BCUT2D eigenvalue weighted by atomic mass is 32.2. The van der Waals surface area contributed by atoms with Gasteiger partial charge in [-0.3, -0.25) is 0 Å². The van der Waals surface area contributed by atoms with Crippen LogP contribution in [0.4, 0.5) is 0 Å². The number of aliphatic hydroxyl groups is 1. The second-order valence-corrected chi connectivity index (χ2v) is 9.45. The van der Waals surface area contributed by atoms with Crippen LogP contribution in [-0.2, 0) is 21.9 Å². The molecule has 0 aromatic heterocycles. The monoisotopic (exact) mass is 337 g/mol. The van der Waals surface area contributed by atoms with Gasteiger partial charge in [-0.2, -0.15) is 0 Å². The third-order valence-electron chi connectivity index (χ3n) is 5.46. The first-order valence-electron chi connectivity index (χ1n) is 8.63. The van der Waals surface area contributed by atoms with Gasteiger partial charge in [-0.15, -0.1) is 0 Å². The number of sulfone groups is 1. The molecule has 0 spiro atoms. The van der Waals surface area contributed by atoms with E-state index in [1.54, 1.807) is 0 Å². The molecule has 4 nitrogen and oxygen atoms in total. The number of fused-ring (bicyclic) bond motifs is 1. The molecule has 5 heteroatoms. The van der Waals surface area contributed by atoms with Crippen molar-refractivity contribution in [1.29, 1.82) is 0 Å². The number of benzene rings is 1. The molecule has 1 aromatic rings. The van der Waals surface area contributed by atoms with E-state index in [1.165, 1.54) is 11.8 Å². The van der Waals surface area contributed by atoms with E-state index in [0.29, 0.717) is 6.54 Å². The molecule has 2 N–H and O–H groups in total. The van der Waals surface area contributed by atoms with E-state index in [4.69, 9.17) is 0 Å². The van der Waals surface area contributed by atoms with Crippen molar-refractivity contribution >= 4 is 9.84 Å². The molecule has 3 atom stereocenters. The molecule has 3 rings (SSSR count). The van der Waals surface area contributed by atoms with Crippen LogP contribution in [0.25, 0.3) is 0 Å². The lowest BCUT2D eigenvalue weighted by Crippen LogP contribution is -2.51. The predicted octanol–water partition coefficient (Wildman–Crippen LogP) is 2.16. The molecule has 0 bridgehead atoms. The molecule has 0 amide bonds. The Labute approximate surface area is 139 Å². The Hall–Kier alpha value is -0.910. The fourth-order valence-electron chi connectivity index (χ4n) is 4.22.